The Hall–Kier alpha value is -1.43. The number of nitrogens with zero attached hydrogens (tertiary/aromatic N) is 1. The van der Waals surface area contributed by atoms with Crippen LogP contribution in [0.3, 0.4) is 0 Å². The van der Waals surface area contributed by atoms with Gasteiger partial charge in [0.25, 0.3) is 0 Å². The molecular formula is C13H16N2O3S. The van der Waals surface area contributed by atoms with Crippen molar-refractivity contribution in [3.05, 3.63) is 17.1 Å². The first-order valence-electron chi connectivity index (χ1n) is 6.55. The van der Waals surface area contributed by atoms with Crippen molar-refractivity contribution < 1.29 is 14.7 Å². The van der Waals surface area contributed by atoms with Crippen LogP contribution < -0.4 is 5.32 Å². The molecule has 0 unspecified atom stereocenters. The molecule has 6 heteroatoms. The molecule has 0 aromatic carbocycles. The van der Waals surface area contributed by atoms with E-state index in [2.05, 4.69) is 9.69 Å². The normalized spacial score (nSPS) is 32.4. The molecule has 2 N–H and O–H groups in total. The molecule has 0 radical (unpaired) electrons. The van der Waals surface area contributed by atoms with Crippen LogP contribution in [0.4, 0.5) is 0 Å². The Labute approximate surface area is 115 Å². The van der Waals surface area contributed by atoms with Gasteiger partial charge in [0.2, 0.25) is 5.91 Å². The van der Waals surface area contributed by atoms with E-state index in [1.165, 1.54) is 11.5 Å². The summed E-state index contributed by atoms with van der Waals surface area (Å²) in [4.78, 5) is 23.9. The third-order valence-electron chi connectivity index (χ3n) is 4.35. The van der Waals surface area contributed by atoms with Gasteiger partial charge in [-0.15, -0.1) is 0 Å². The zero-order valence-corrected chi connectivity index (χ0v) is 11.2. The molecule has 2 aliphatic carbocycles. The fourth-order valence-corrected chi connectivity index (χ4v) is 4.08. The number of hydrogen-bond acceptors (Lipinski definition) is 4. The van der Waals surface area contributed by atoms with E-state index in [4.69, 9.17) is 5.11 Å². The highest BCUT2D eigenvalue weighted by Crippen LogP contribution is 2.48. The second kappa shape index (κ2) is 4.92. The van der Waals surface area contributed by atoms with Gasteiger partial charge in [0.1, 0.15) is 0 Å². The molecule has 3 rings (SSSR count). The maximum absolute atomic E-state index is 11.9. The summed E-state index contributed by atoms with van der Waals surface area (Å²) in [6, 6.07) is 2.02. The fraction of sp³-hybridized carbons (Fsp3) is 0.615. The smallest absolute Gasteiger partial charge is 0.306 e. The highest BCUT2D eigenvalue weighted by Gasteiger charge is 2.48. The highest BCUT2D eigenvalue weighted by atomic mass is 32.1. The summed E-state index contributed by atoms with van der Waals surface area (Å²) in [5.74, 6) is -0.261. The van der Waals surface area contributed by atoms with Crippen LogP contribution in [0.25, 0.3) is 0 Å². The average molecular weight is 280 g/mol. The maximum atomic E-state index is 11.9. The first kappa shape index (κ1) is 12.6. The summed E-state index contributed by atoms with van der Waals surface area (Å²) >= 11 is 1.34. The minimum atomic E-state index is -0.679. The Morgan fingerprint density at radius 2 is 2.21 bits per heavy atom. The van der Waals surface area contributed by atoms with Crippen molar-refractivity contribution in [3.63, 3.8) is 0 Å². The van der Waals surface area contributed by atoms with Gasteiger partial charge in [0.15, 0.2) is 0 Å². The lowest BCUT2D eigenvalue weighted by molar-refractivity contribution is -0.143. The van der Waals surface area contributed by atoms with Gasteiger partial charge < -0.3 is 10.4 Å². The first-order chi connectivity index (χ1) is 9.13. The number of amides is 1. The molecule has 4 atom stereocenters. The standard InChI is InChI=1S/C13H16N2O3S/c16-12(6-9-1-2-14-19-9)15-11-5-7-3-8(11)4-10(7)13(17)18/h1-2,7-8,10-11H,3-6H2,(H,15,16)(H,17,18)/t7-,8-,10-,11-/m1/s1. The Balaban J connectivity index is 1.53. The van der Waals surface area contributed by atoms with Crippen LogP contribution in [-0.4, -0.2) is 27.4 Å². The molecule has 1 aromatic heterocycles. The SMILES string of the molecule is O=C(Cc1ccns1)N[C@@H]1C[C@H]2C[C@@H]1C[C@H]2C(=O)O. The van der Waals surface area contributed by atoms with E-state index in [0.29, 0.717) is 18.8 Å². The maximum Gasteiger partial charge on any atom is 0.306 e. The summed E-state index contributed by atoms with van der Waals surface area (Å²) in [7, 11) is 0. The van der Waals surface area contributed by atoms with Crippen molar-refractivity contribution in [2.45, 2.75) is 31.7 Å². The van der Waals surface area contributed by atoms with Crippen LogP contribution >= 0.6 is 11.5 Å². The number of carboxylic acids is 1. The number of aromatic nitrogens is 1. The highest BCUT2D eigenvalue weighted by molar-refractivity contribution is 7.05. The third kappa shape index (κ3) is 2.49. The van der Waals surface area contributed by atoms with Gasteiger partial charge >= 0.3 is 5.97 Å². The zero-order chi connectivity index (χ0) is 13.4. The summed E-state index contributed by atoms with van der Waals surface area (Å²) in [5, 5.41) is 12.1. The second-order valence-electron chi connectivity index (χ2n) is 5.50. The Kier molecular flexibility index (Phi) is 3.26. The molecule has 102 valence electrons. The van der Waals surface area contributed by atoms with E-state index in [1.807, 2.05) is 6.07 Å². The molecule has 1 amide bonds. The van der Waals surface area contributed by atoms with E-state index in [1.54, 1.807) is 6.20 Å². The van der Waals surface area contributed by atoms with Gasteiger partial charge in [-0.2, -0.15) is 0 Å². The summed E-state index contributed by atoms with van der Waals surface area (Å²) < 4.78 is 3.97. The second-order valence-corrected chi connectivity index (χ2v) is 6.42. The number of carboxylic acid groups (broad SMARTS) is 1. The van der Waals surface area contributed by atoms with Crippen molar-refractivity contribution in [2.75, 3.05) is 0 Å². The predicted octanol–water partition coefficient (Wildman–Crippen LogP) is 1.30. The number of fused-ring (bicyclic) bond motifs is 2. The number of hydrogen-bond donors (Lipinski definition) is 2. The predicted molar refractivity (Wildman–Crippen MR) is 69.7 cm³/mol. The van der Waals surface area contributed by atoms with Crippen LogP contribution in [0.2, 0.25) is 0 Å². The van der Waals surface area contributed by atoms with E-state index in [0.717, 1.165) is 17.7 Å². The topological polar surface area (TPSA) is 79.3 Å². The summed E-state index contributed by atoms with van der Waals surface area (Å²) in [5.41, 5.74) is 0. The van der Waals surface area contributed by atoms with Gasteiger partial charge in [-0.1, -0.05) is 0 Å². The lowest BCUT2D eigenvalue weighted by atomic mass is 9.86. The Morgan fingerprint density at radius 3 is 2.79 bits per heavy atom. The molecule has 2 saturated carbocycles. The molecule has 0 saturated heterocycles. The molecule has 0 spiro atoms. The van der Waals surface area contributed by atoms with E-state index >= 15 is 0 Å². The van der Waals surface area contributed by atoms with Crippen LogP contribution in [0.1, 0.15) is 24.1 Å². The number of rotatable bonds is 4. The molecule has 19 heavy (non-hydrogen) atoms. The number of nitrogens with one attached hydrogen (secondary N) is 1. The monoisotopic (exact) mass is 280 g/mol. The van der Waals surface area contributed by atoms with Gasteiger partial charge in [-0.3, -0.25) is 9.59 Å². The molecule has 2 bridgehead atoms. The molecule has 1 heterocycles. The van der Waals surface area contributed by atoms with Crippen molar-refractivity contribution in [1.29, 1.82) is 0 Å². The van der Waals surface area contributed by atoms with E-state index in [9.17, 15) is 9.59 Å². The van der Waals surface area contributed by atoms with Gasteiger partial charge in [0.05, 0.1) is 12.3 Å². The Bertz CT molecular complexity index is 488. The number of carbonyl (C=O) groups is 2. The summed E-state index contributed by atoms with van der Waals surface area (Å²) in [6.45, 7) is 0. The zero-order valence-electron chi connectivity index (χ0n) is 10.4. The Morgan fingerprint density at radius 1 is 1.37 bits per heavy atom. The van der Waals surface area contributed by atoms with Crippen LogP contribution in [0, 0.1) is 17.8 Å². The minimum Gasteiger partial charge on any atom is -0.481 e. The summed E-state index contributed by atoms with van der Waals surface area (Å²) in [6.07, 6.45) is 4.55. The quantitative estimate of drug-likeness (QED) is 0.871. The van der Waals surface area contributed by atoms with E-state index < -0.39 is 5.97 Å². The van der Waals surface area contributed by atoms with Crippen molar-refractivity contribution in [1.82, 2.24) is 9.69 Å². The molecule has 0 aliphatic heterocycles. The lowest BCUT2D eigenvalue weighted by Crippen LogP contribution is -2.41. The molecule has 2 aliphatic rings. The molecule has 2 fully saturated rings. The van der Waals surface area contributed by atoms with Gasteiger partial charge in [0, 0.05) is 17.1 Å². The first-order valence-corrected chi connectivity index (χ1v) is 7.32. The van der Waals surface area contributed by atoms with Gasteiger partial charge in [-0.05, 0) is 48.7 Å². The van der Waals surface area contributed by atoms with Gasteiger partial charge in [-0.25, -0.2) is 4.37 Å². The average Bonchev–Trinajstić information content (AvgIpc) is 3.03. The third-order valence-corrected chi connectivity index (χ3v) is 5.09. The number of aliphatic carboxylic acids is 1. The number of carbonyl (C=O) groups excluding carboxylic acids is 1. The van der Waals surface area contributed by atoms with Crippen LogP contribution in [0.15, 0.2) is 12.3 Å². The van der Waals surface area contributed by atoms with Crippen LogP contribution in [-0.2, 0) is 16.0 Å². The van der Waals surface area contributed by atoms with Crippen molar-refractivity contribution >= 4 is 23.4 Å². The largest absolute Gasteiger partial charge is 0.481 e. The molecule has 5 nitrogen and oxygen atoms in total. The minimum absolute atomic E-state index is 0.0219. The van der Waals surface area contributed by atoms with Crippen molar-refractivity contribution in [3.8, 4) is 0 Å². The van der Waals surface area contributed by atoms with E-state index in [-0.39, 0.29) is 23.8 Å². The lowest BCUT2D eigenvalue weighted by Gasteiger charge is -2.26. The van der Waals surface area contributed by atoms with Crippen LogP contribution in [0.5, 0.6) is 0 Å². The molecule has 1 aromatic rings. The fourth-order valence-electron chi connectivity index (χ4n) is 3.50. The van der Waals surface area contributed by atoms with Crippen molar-refractivity contribution in [2.24, 2.45) is 17.8 Å². The molecular weight excluding hydrogens is 264 g/mol.